The Morgan fingerprint density at radius 2 is 1.92 bits per heavy atom. The summed E-state index contributed by atoms with van der Waals surface area (Å²) in [7, 11) is 0. The lowest BCUT2D eigenvalue weighted by Gasteiger charge is -2.22. The molecule has 3 rings (SSSR count). The number of ketones is 1. The molecular weight excluding hydrogens is 318 g/mol. The van der Waals surface area contributed by atoms with Gasteiger partial charge in [-0.15, -0.1) is 10.2 Å². The van der Waals surface area contributed by atoms with Crippen molar-refractivity contribution in [3.8, 4) is 0 Å². The number of thioether (sulfide) groups is 1. The third-order valence-electron chi connectivity index (χ3n) is 4.74. The molecule has 5 heteroatoms. The van der Waals surface area contributed by atoms with E-state index in [9.17, 15) is 4.79 Å². The van der Waals surface area contributed by atoms with Crippen molar-refractivity contribution in [3.63, 3.8) is 0 Å². The number of hydrogen-bond donors (Lipinski definition) is 0. The number of hydrogen-bond acceptors (Lipinski definition) is 4. The van der Waals surface area contributed by atoms with Gasteiger partial charge in [0, 0.05) is 11.6 Å². The van der Waals surface area contributed by atoms with E-state index >= 15 is 0 Å². The molecule has 0 unspecified atom stereocenters. The van der Waals surface area contributed by atoms with Gasteiger partial charge in [0.05, 0.1) is 5.75 Å². The number of Topliss-reactive ketones (excluding diaryl/α,β-unsaturated/α-hetero) is 1. The van der Waals surface area contributed by atoms with Crippen LogP contribution in [-0.4, -0.2) is 26.3 Å². The normalized spacial score (nSPS) is 15.8. The molecule has 0 radical (unpaired) electrons. The molecule has 1 saturated carbocycles. The molecule has 0 saturated heterocycles. The molecule has 24 heavy (non-hydrogen) atoms. The first-order valence-electron chi connectivity index (χ1n) is 8.80. The number of carbonyl (C=O) groups is 1. The Hall–Kier alpha value is -1.62. The first kappa shape index (κ1) is 17.2. The van der Waals surface area contributed by atoms with E-state index < -0.39 is 0 Å². The van der Waals surface area contributed by atoms with Crippen molar-refractivity contribution in [2.24, 2.45) is 0 Å². The highest BCUT2D eigenvalue weighted by Crippen LogP contribution is 2.32. The van der Waals surface area contributed by atoms with Crippen molar-refractivity contribution < 1.29 is 4.79 Å². The fourth-order valence-corrected chi connectivity index (χ4v) is 4.22. The molecule has 4 nitrogen and oxygen atoms in total. The quantitative estimate of drug-likeness (QED) is 0.554. The average Bonchev–Trinajstić information content (AvgIpc) is 3.09. The number of aromatic nitrogens is 3. The highest BCUT2D eigenvalue weighted by Gasteiger charge is 2.16. The Morgan fingerprint density at radius 1 is 1.21 bits per heavy atom. The smallest absolute Gasteiger partial charge is 0.191 e. The van der Waals surface area contributed by atoms with E-state index in [2.05, 4.69) is 36.2 Å². The minimum absolute atomic E-state index is 0.147. The van der Waals surface area contributed by atoms with E-state index in [1.54, 1.807) is 6.33 Å². The molecule has 0 aliphatic heterocycles. The highest BCUT2D eigenvalue weighted by atomic mass is 32.2. The minimum atomic E-state index is 0.147. The molecule has 0 amide bonds. The molecule has 1 heterocycles. The lowest BCUT2D eigenvalue weighted by molar-refractivity contribution is 0.102. The lowest BCUT2D eigenvalue weighted by atomic mass is 9.84. The first-order valence-corrected chi connectivity index (χ1v) is 9.79. The Labute approximate surface area is 148 Å². The van der Waals surface area contributed by atoms with Gasteiger partial charge in [-0.05, 0) is 38.2 Å². The van der Waals surface area contributed by atoms with Crippen LogP contribution in [0.1, 0.15) is 73.8 Å². The zero-order valence-corrected chi connectivity index (χ0v) is 15.3. The maximum absolute atomic E-state index is 12.4. The second-order valence-electron chi connectivity index (χ2n) is 6.78. The fraction of sp³-hybridized carbons (Fsp3) is 0.526. The van der Waals surface area contributed by atoms with E-state index in [4.69, 9.17) is 0 Å². The molecule has 0 atom stereocenters. The predicted molar refractivity (Wildman–Crippen MR) is 97.7 cm³/mol. The van der Waals surface area contributed by atoms with Gasteiger partial charge in [-0.2, -0.15) is 0 Å². The van der Waals surface area contributed by atoms with Gasteiger partial charge in [0.15, 0.2) is 10.9 Å². The van der Waals surface area contributed by atoms with E-state index in [1.807, 2.05) is 16.7 Å². The van der Waals surface area contributed by atoms with Crippen LogP contribution in [0.4, 0.5) is 0 Å². The largest absolute Gasteiger partial charge is 0.306 e. The predicted octanol–water partition coefficient (Wildman–Crippen LogP) is 4.88. The van der Waals surface area contributed by atoms with Gasteiger partial charge in [0.2, 0.25) is 0 Å². The van der Waals surface area contributed by atoms with Crippen molar-refractivity contribution in [2.45, 2.75) is 63.1 Å². The molecule has 1 aromatic carbocycles. The number of carbonyl (C=O) groups excluding carboxylic acids is 1. The summed E-state index contributed by atoms with van der Waals surface area (Å²) in [6.07, 6.45) is 8.32. The minimum Gasteiger partial charge on any atom is -0.306 e. The standard InChI is InChI=1S/C19H25N3OS/c1-14(2)22-13-20-21-19(22)24-12-18(23)17-10-8-16(9-11-17)15-6-4-3-5-7-15/h8-11,13-15H,3-7,12H2,1-2H3. The summed E-state index contributed by atoms with van der Waals surface area (Å²) in [5.74, 6) is 1.23. The van der Waals surface area contributed by atoms with E-state index in [-0.39, 0.29) is 5.78 Å². The van der Waals surface area contributed by atoms with Gasteiger partial charge in [0.25, 0.3) is 0 Å². The number of nitrogens with zero attached hydrogens (tertiary/aromatic N) is 3. The van der Waals surface area contributed by atoms with Crippen LogP contribution in [-0.2, 0) is 0 Å². The Morgan fingerprint density at radius 3 is 2.58 bits per heavy atom. The Balaban J connectivity index is 1.59. The van der Waals surface area contributed by atoms with Crippen LogP contribution in [0, 0.1) is 0 Å². The topological polar surface area (TPSA) is 47.8 Å². The van der Waals surface area contributed by atoms with Crippen molar-refractivity contribution >= 4 is 17.5 Å². The van der Waals surface area contributed by atoms with Crippen LogP contribution in [0.5, 0.6) is 0 Å². The molecule has 128 valence electrons. The molecule has 0 spiro atoms. The van der Waals surface area contributed by atoms with E-state index in [0.717, 1.165) is 10.7 Å². The van der Waals surface area contributed by atoms with Gasteiger partial charge in [-0.25, -0.2) is 0 Å². The van der Waals surface area contributed by atoms with Gasteiger partial charge in [-0.3, -0.25) is 4.79 Å². The maximum atomic E-state index is 12.4. The zero-order chi connectivity index (χ0) is 16.9. The average molecular weight is 343 g/mol. The van der Waals surface area contributed by atoms with E-state index in [0.29, 0.717) is 17.7 Å². The summed E-state index contributed by atoms with van der Waals surface area (Å²) < 4.78 is 1.99. The second kappa shape index (κ2) is 7.97. The van der Waals surface area contributed by atoms with Crippen molar-refractivity contribution in [2.75, 3.05) is 5.75 Å². The molecular formula is C19H25N3OS. The van der Waals surface area contributed by atoms with Crippen molar-refractivity contribution in [3.05, 3.63) is 41.7 Å². The Kier molecular flexibility index (Phi) is 5.72. The highest BCUT2D eigenvalue weighted by molar-refractivity contribution is 7.99. The molecule has 1 fully saturated rings. The molecule has 2 aromatic rings. The van der Waals surface area contributed by atoms with Crippen LogP contribution < -0.4 is 0 Å². The third-order valence-corrected chi connectivity index (χ3v) is 5.70. The summed E-state index contributed by atoms with van der Waals surface area (Å²) in [4.78, 5) is 12.4. The van der Waals surface area contributed by atoms with E-state index in [1.165, 1.54) is 49.4 Å². The molecule has 1 aliphatic carbocycles. The van der Waals surface area contributed by atoms with Crippen LogP contribution >= 0.6 is 11.8 Å². The molecule has 1 aromatic heterocycles. The van der Waals surface area contributed by atoms with Gasteiger partial charge < -0.3 is 4.57 Å². The van der Waals surface area contributed by atoms with Crippen LogP contribution in [0.25, 0.3) is 0 Å². The number of benzene rings is 1. The van der Waals surface area contributed by atoms with Crippen molar-refractivity contribution in [1.82, 2.24) is 14.8 Å². The van der Waals surface area contributed by atoms with Crippen molar-refractivity contribution in [1.29, 1.82) is 0 Å². The van der Waals surface area contributed by atoms with Gasteiger partial charge in [0.1, 0.15) is 6.33 Å². The molecule has 0 N–H and O–H groups in total. The SMILES string of the molecule is CC(C)n1cnnc1SCC(=O)c1ccc(C2CCCCC2)cc1. The van der Waals surface area contributed by atoms with Crippen LogP contribution in [0.15, 0.2) is 35.7 Å². The van der Waals surface area contributed by atoms with Crippen LogP contribution in [0.2, 0.25) is 0 Å². The first-order chi connectivity index (χ1) is 11.6. The van der Waals surface area contributed by atoms with Crippen LogP contribution in [0.3, 0.4) is 0 Å². The lowest BCUT2D eigenvalue weighted by Crippen LogP contribution is -2.07. The molecule has 0 bridgehead atoms. The summed E-state index contributed by atoms with van der Waals surface area (Å²) >= 11 is 1.46. The summed E-state index contributed by atoms with van der Waals surface area (Å²) in [6.45, 7) is 4.17. The maximum Gasteiger partial charge on any atom is 0.191 e. The summed E-state index contributed by atoms with van der Waals surface area (Å²) in [5.41, 5.74) is 2.18. The Bertz CT molecular complexity index is 672. The second-order valence-corrected chi connectivity index (χ2v) is 7.73. The zero-order valence-electron chi connectivity index (χ0n) is 14.4. The number of rotatable bonds is 6. The molecule has 1 aliphatic rings. The fourth-order valence-electron chi connectivity index (χ4n) is 3.28. The summed E-state index contributed by atoms with van der Waals surface area (Å²) in [6, 6.07) is 8.56. The van der Waals surface area contributed by atoms with Gasteiger partial charge >= 0.3 is 0 Å². The monoisotopic (exact) mass is 343 g/mol. The summed E-state index contributed by atoms with van der Waals surface area (Å²) in [5, 5.41) is 8.84. The third kappa shape index (κ3) is 4.07. The van der Waals surface area contributed by atoms with Gasteiger partial charge in [-0.1, -0.05) is 55.3 Å².